The number of halogens is 2. The molecule has 3 heterocycles. The van der Waals surface area contributed by atoms with E-state index in [4.69, 9.17) is 4.74 Å². The number of hydrogen-bond acceptors (Lipinski definition) is 5. The van der Waals surface area contributed by atoms with Gasteiger partial charge in [-0.25, -0.2) is 13.8 Å². The highest BCUT2D eigenvalue weighted by Crippen LogP contribution is 2.26. The van der Waals surface area contributed by atoms with Gasteiger partial charge in [0.15, 0.2) is 5.82 Å². The lowest BCUT2D eigenvalue weighted by Crippen LogP contribution is -2.38. The van der Waals surface area contributed by atoms with Gasteiger partial charge in [-0.2, -0.15) is 0 Å². The number of rotatable bonds is 5. The number of benzene rings is 1. The monoisotopic (exact) mass is 398 g/mol. The molecule has 1 aliphatic heterocycles. The summed E-state index contributed by atoms with van der Waals surface area (Å²) in [6, 6.07) is 8.67. The number of aromatic nitrogens is 3. The van der Waals surface area contributed by atoms with Crippen LogP contribution in [-0.2, 0) is 7.05 Å². The molecule has 6 nitrogen and oxygen atoms in total. The Bertz CT molecular complexity index is 1070. The van der Waals surface area contributed by atoms with E-state index in [1.165, 1.54) is 35.0 Å². The van der Waals surface area contributed by atoms with Crippen LogP contribution in [0, 0.1) is 11.6 Å². The molecule has 0 radical (unpaired) electrons. The SMILES string of the molecule is Cn1c(N2CCC[C@H]2COc2ccc(F)cc2)nc(-c2ccncc2F)cc1=O. The minimum atomic E-state index is -0.531. The van der Waals surface area contributed by atoms with Crippen molar-refractivity contribution >= 4 is 5.95 Å². The number of hydrogen-bond donors (Lipinski definition) is 0. The van der Waals surface area contributed by atoms with Gasteiger partial charge in [0.25, 0.3) is 5.56 Å². The van der Waals surface area contributed by atoms with Crippen molar-refractivity contribution in [2.45, 2.75) is 18.9 Å². The van der Waals surface area contributed by atoms with E-state index in [2.05, 4.69) is 9.97 Å². The van der Waals surface area contributed by atoms with Gasteiger partial charge in [-0.1, -0.05) is 0 Å². The van der Waals surface area contributed by atoms with Crippen molar-refractivity contribution < 1.29 is 13.5 Å². The molecule has 0 N–H and O–H groups in total. The van der Waals surface area contributed by atoms with Crippen molar-refractivity contribution in [1.82, 2.24) is 14.5 Å². The fourth-order valence-corrected chi connectivity index (χ4v) is 3.50. The molecule has 4 rings (SSSR count). The first-order chi connectivity index (χ1) is 14.0. The zero-order valence-corrected chi connectivity index (χ0v) is 15.9. The van der Waals surface area contributed by atoms with Gasteiger partial charge in [-0.3, -0.25) is 14.3 Å². The van der Waals surface area contributed by atoms with Crippen molar-refractivity contribution in [2.75, 3.05) is 18.1 Å². The maximum atomic E-state index is 14.2. The van der Waals surface area contributed by atoms with Crippen LogP contribution in [0.2, 0.25) is 0 Å². The second-order valence-electron chi connectivity index (χ2n) is 6.95. The van der Waals surface area contributed by atoms with Crippen LogP contribution in [0.3, 0.4) is 0 Å². The van der Waals surface area contributed by atoms with Gasteiger partial charge in [0.05, 0.1) is 17.9 Å². The van der Waals surface area contributed by atoms with Crippen molar-refractivity contribution in [2.24, 2.45) is 7.05 Å². The second kappa shape index (κ2) is 7.98. The van der Waals surface area contributed by atoms with E-state index in [1.54, 1.807) is 19.2 Å². The smallest absolute Gasteiger partial charge is 0.255 e. The van der Waals surface area contributed by atoms with E-state index < -0.39 is 5.82 Å². The number of anilines is 1. The molecular weight excluding hydrogens is 378 g/mol. The van der Waals surface area contributed by atoms with Crippen LogP contribution in [0.25, 0.3) is 11.3 Å². The van der Waals surface area contributed by atoms with Crippen molar-refractivity contribution in [1.29, 1.82) is 0 Å². The summed E-state index contributed by atoms with van der Waals surface area (Å²) in [5.41, 5.74) is 0.233. The average molecular weight is 398 g/mol. The predicted molar refractivity (Wildman–Crippen MR) is 105 cm³/mol. The Hall–Kier alpha value is -3.29. The molecule has 8 heteroatoms. The predicted octanol–water partition coefficient (Wildman–Crippen LogP) is 3.17. The largest absolute Gasteiger partial charge is 0.491 e. The lowest BCUT2D eigenvalue weighted by atomic mass is 10.2. The fraction of sp³-hybridized carbons (Fsp3) is 0.286. The maximum absolute atomic E-state index is 14.2. The molecule has 0 saturated carbocycles. The summed E-state index contributed by atoms with van der Waals surface area (Å²) < 4.78 is 34.5. The fourth-order valence-electron chi connectivity index (χ4n) is 3.50. The molecule has 150 valence electrons. The number of ether oxygens (including phenoxy) is 1. The molecule has 0 aliphatic carbocycles. The second-order valence-corrected chi connectivity index (χ2v) is 6.95. The topological polar surface area (TPSA) is 60.2 Å². The summed E-state index contributed by atoms with van der Waals surface area (Å²) in [6.45, 7) is 1.08. The third kappa shape index (κ3) is 3.96. The molecule has 1 fully saturated rings. The molecule has 29 heavy (non-hydrogen) atoms. The number of nitrogens with zero attached hydrogens (tertiary/aromatic N) is 4. The average Bonchev–Trinajstić information content (AvgIpc) is 3.18. The molecule has 0 amide bonds. The van der Waals surface area contributed by atoms with E-state index in [0.717, 1.165) is 19.0 Å². The highest BCUT2D eigenvalue weighted by molar-refractivity contribution is 5.60. The van der Waals surface area contributed by atoms with Gasteiger partial charge in [0.1, 0.15) is 18.2 Å². The quantitative estimate of drug-likeness (QED) is 0.661. The van der Waals surface area contributed by atoms with E-state index in [0.29, 0.717) is 24.8 Å². The van der Waals surface area contributed by atoms with Gasteiger partial charge >= 0.3 is 0 Å². The zero-order chi connectivity index (χ0) is 20.4. The Morgan fingerprint density at radius 1 is 1.21 bits per heavy atom. The molecule has 0 unspecified atom stereocenters. The van der Waals surface area contributed by atoms with E-state index >= 15 is 0 Å². The van der Waals surface area contributed by atoms with Crippen LogP contribution in [-0.4, -0.2) is 33.7 Å². The van der Waals surface area contributed by atoms with Crippen LogP contribution in [0.4, 0.5) is 14.7 Å². The van der Waals surface area contributed by atoms with Gasteiger partial charge in [0, 0.05) is 31.4 Å². The Morgan fingerprint density at radius 3 is 2.76 bits per heavy atom. The lowest BCUT2D eigenvalue weighted by molar-refractivity contribution is 0.287. The highest BCUT2D eigenvalue weighted by Gasteiger charge is 2.29. The lowest BCUT2D eigenvalue weighted by Gasteiger charge is -2.27. The zero-order valence-electron chi connectivity index (χ0n) is 15.9. The summed E-state index contributed by atoms with van der Waals surface area (Å²) >= 11 is 0. The van der Waals surface area contributed by atoms with Crippen LogP contribution < -0.4 is 15.2 Å². The molecule has 3 aromatic rings. The third-order valence-corrected chi connectivity index (χ3v) is 5.05. The molecular formula is C21H20F2N4O2. The van der Waals surface area contributed by atoms with Crippen molar-refractivity contribution in [3.63, 3.8) is 0 Å². The minimum absolute atomic E-state index is 0.00399. The molecule has 2 aromatic heterocycles. The Morgan fingerprint density at radius 2 is 2.00 bits per heavy atom. The first-order valence-corrected chi connectivity index (χ1v) is 9.36. The van der Waals surface area contributed by atoms with Gasteiger partial charge in [-0.15, -0.1) is 0 Å². The molecule has 1 saturated heterocycles. The van der Waals surface area contributed by atoms with Gasteiger partial charge in [-0.05, 0) is 43.2 Å². The van der Waals surface area contributed by atoms with Crippen LogP contribution in [0.1, 0.15) is 12.8 Å². The summed E-state index contributed by atoms with van der Waals surface area (Å²) in [7, 11) is 1.65. The van der Waals surface area contributed by atoms with Crippen molar-refractivity contribution in [3.8, 4) is 17.0 Å². The standard InChI is InChI=1S/C21H20F2N4O2/c1-26-20(28)11-19(17-8-9-24-12-18(17)23)25-21(26)27-10-2-3-15(27)13-29-16-6-4-14(22)5-7-16/h4-9,11-12,15H,2-3,10,13H2,1H3/t15-/m0/s1. The minimum Gasteiger partial charge on any atom is -0.491 e. The summed E-state index contributed by atoms with van der Waals surface area (Å²) in [4.78, 5) is 22.8. The third-order valence-electron chi connectivity index (χ3n) is 5.05. The Kier molecular flexibility index (Phi) is 5.24. The first-order valence-electron chi connectivity index (χ1n) is 9.36. The van der Waals surface area contributed by atoms with E-state index in [-0.39, 0.29) is 28.7 Å². The van der Waals surface area contributed by atoms with E-state index in [1.807, 2.05) is 4.90 Å². The molecule has 0 spiro atoms. The van der Waals surface area contributed by atoms with Crippen LogP contribution in [0.15, 0.2) is 53.6 Å². The Balaban J connectivity index is 1.61. The van der Waals surface area contributed by atoms with Crippen LogP contribution in [0.5, 0.6) is 5.75 Å². The summed E-state index contributed by atoms with van der Waals surface area (Å²) in [5.74, 6) is 0.192. The summed E-state index contributed by atoms with van der Waals surface area (Å²) in [6.07, 6.45) is 4.35. The Labute approximate surface area is 166 Å². The molecule has 1 aliphatic rings. The van der Waals surface area contributed by atoms with Gasteiger partial charge in [0.2, 0.25) is 5.95 Å². The highest BCUT2D eigenvalue weighted by atomic mass is 19.1. The van der Waals surface area contributed by atoms with Crippen LogP contribution >= 0.6 is 0 Å². The summed E-state index contributed by atoms with van der Waals surface area (Å²) in [5, 5.41) is 0. The number of pyridine rings is 1. The molecule has 1 atom stereocenters. The normalized spacial score (nSPS) is 16.2. The van der Waals surface area contributed by atoms with E-state index in [9.17, 15) is 13.6 Å². The maximum Gasteiger partial charge on any atom is 0.255 e. The van der Waals surface area contributed by atoms with Crippen molar-refractivity contribution in [3.05, 3.63) is 70.8 Å². The molecule has 1 aromatic carbocycles. The van der Waals surface area contributed by atoms with Gasteiger partial charge < -0.3 is 9.64 Å². The molecule has 0 bridgehead atoms. The first kappa shape index (κ1) is 19.0.